The van der Waals surface area contributed by atoms with E-state index in [0.717, 1.165) is 12.0 Å². The van der Waals surface area contributed by atoms with Gasteiger partial charge in [0.05, 0.1) is 0 Å². The van der Waals surface area contributed by atoms with Crippen LogP contribution in [0.25, 0.3) is 0 Å². The van der Waals surface area contributed by atoms with Crippen molar-refractivity contribution < 1.29 is 8.42 Å². The molecule has 0 saturated carbocycles. The van der Waals surface area contributed by atoms with Crippen molar-refractivity contribution >= 4 is 21.6 Å². The lowest BCUT2D eigenvalue weighted by atomic mass is 10.2. The summed E-state index contributed by atoms with van der Waals surface area (Å²) in [5.74, 6) is 0. The third-order valence-corrected chi connectivity index (χ3v) is 5.07. The standard InChI is InChI=1S/C15H17ClN2O2S/c1-2-10-18(12-13-6-4-3-5-7-13)21(19,20)14-8-9-15(16)17-11-14/h3-9,11H,2,10,12H2,1H3. The van der Waals surface area contributed by atoms with Gasteiger partial charge >= 0.3 is 0 Å². The Morgan fingerprint density at radius 3 is 2.43 bits per heavy atom. The number of pyridine rings is 1. The number of halogens is 1. The molecule has 1 aromatic carbocycles. The molecule has 0 fully saturated rings. The quantitative estimate of drug-likeness (QED) is 0.766. The second-order valence-electron chi connectivity index (χ2n) is 4.64. The number of sulfonamides is 1. The zero-order valence-electron chi connectivity index (χ0n) is 11.7. The Bertz CT molecular complexity index is 673. The number of hydrogen-bond acceptors (Lipinski definition) is 3. The van der Waals surface area contributed by atoms with Crippen LogP contribution in [0, 0.1) is 0 Å². The lowest BCUT2D eigenvalue weighted by Crippen LogP contribution is -2.31. The Hall–Kier alpha value is -1.43. The van der Waals surface area contributed by atoms with Crippen molar-refractivity contribution in [2.24, 2.45) is 0 Å². The van der Waals surface area contributed by atoms with Gasteiger partial charge in [0.1, 0.15) is 10.0 Å². The fourth-order valence-corrected chi connectivity index (χ4v) is 3.56. The van der Waals surface area contributed by atoms with Crippen molar-refractivity contribution in [2.45, 2.75) is 24.8 Å². The third kappa shape index (κ3) is 4.03. The smallest absolute Gasteiger partial charge is 0.243 e. The summed E-state index contributed by atoms with van der Waals surface area (Å²) in [7, 11) is -3.57. The SMILES string of the molecule is CCCN(Cc1ccccc1)S(=O)(=O)c1ccc(Cl)nc1. The number of hydrogen-bond donors (Lipinski definition) is 0. The molecule has 0 bridgehead atoms. The summed E-state index contributed by atoms with van der Waals surface area (Å²) in [6.07, 6.45) is 2.04. The van der Waals surface area contributed by atoms with E-state index in [1.54, 1.807) is 0 Å². The minimum Gasteiger partial charge on any atom is -0.243 e. The molecular formula is C15H17ClN2O2S. The van der Waals surface area contributed by atoms with Gasteiger partial charge in [-0.3, -0.25) is 0 Å². The molecule has 1 heterocycles. The maximum atomic E-state index is 12.7. The second-order valence-corrected chi connectivity index (χ2v) is 6.97. The average Bonchev–Trinajstić information content (AvgIpc) is 2.48. The Morgan fingerprint density at radius 2 is 1.86 bits per heavy atom. The largest absolute Gasteiger partial charge is 0.244 e. The lowest BCUT2D eigenvalue weighted by molar-refractivity contribution is 0.405. The molecule has 2 rings (SSSR count). The number of aromatic nitrogens is 1. The molecule has 21 heavy (non-hydrogen) atoms. The van der Waals surface area contributed by atoms with Crippen molar-refractivity contribution in [3.63, 3.8) is 0 Å². The monoisotopic (exact) mass is 324 g/mol. The number of nitrogens with zero attached hydrogens (tertiary/aromatic N) is 2. The molecule has 6 heteroatoms. The number of benzene rings is 1. The van der Waals surface area contributed by atoms with E-state index in [1.165, 1.54) is 22.6 Å². The van der Waals surface area contributed by atoms with Crippen molar-refractivity contribution in [3.05, 3.63) is 59.4 Å². The van der Waals surface area contributed by atoms with E-state index < -0.39 is 10.0 Å². The highest BCUT2D eigenvalue weighted by atomic mass is 35.5. The summed E-state index contributed by atoms with van der Waals surface area (Å²) >= 11 is 5.71. The van der Waals surface area contributed by atoms with Gasteiger partial charge in [0, 0.05) is 19.3 Å². The predicted molar refractivity (Wildman–Crippen MR) is 83.6 cm³/mol. The van der Waals surface area contributed by atoms with Crippen molar-refractivity contribution in [3.8, 4) is 0 Å². The maximum Gasteiger partial charge on any atom is 0.244 e. The van der Waals surface area contributed by atoms with Gasteiger partial charge in [-0.2, -0.15) is 4.31 Å². The van der Waals surface area contributed by atoms with Crippen LogP contribution in [-0.4, -0.2) is 24.3 Å². The van der Waals surface area contributed by atoms with Crippen LogP contribution in [0.15, 0.2) is 53.6 Å². The molecule has 0 aliphatic heterocycles. The highest BCUT2D eigenvalue weighted by molar-refractivity contribution is 7.89. The molecule has 0 spiro atoms. The summed E-state index contributed by atoms with van der Waals surface area (Å²) in [6.45, 7) is 2.76. The first kappa shape index (κ1) is 15.9. The topological polar surface area (TPSA) is 50.3 Å². The molecule has 0 saturated heterocycles. The van der Waals surface area contributed by atoms with E-state index in [4.69, 9.17) is 11.6 Å². The Balaban J connectivity index is 2.30. The minimum absolute atomic E-state index is 0.163. The van der Waals surface area contributed by atoms with Gasteiger partial charge in [-0.1, -0.05) is 48.9 Å². The molecule has 0 unspecified atom stereocenters. The lowest BCUT2D eigenvalue weighted by Gasteiger charge is -2.21. The van der Waals surface area contributed by atoms with Gasteiger partial charge in [0.15, 0.2) is 0 Å². The van der Waals surface area contributed by atoms with Gasteiger partial charge < -0.3 is 0 Å². The van der Waals surface area contributed by atoms with Gasteiger partial charge in [-0.05, 0) is 24.1 Å². The van der Waals surface area contributed by atoms with Crippen LogP contribution in [0.2, 0.25) is 5.15 Å². The maximum absolute atomic E-state index is 12.7. The minimum atomic E-state index is -3.57. The van der Waals surface area contributed by atoms with Crippen molar-refractivity contribution in [1.82, 2.24) is 9.29 Å². The zero-order valence-corrected chi connectivity index (χ0v) is 13.3. The summed E-state index contributed by atoms with van der Waals surface area (Å²) < 4.78 is 26.8. The molecule has 0 aliphatic carbocycles. The van der Waals surface area contributed by atoms with Crippen molar-refractivity contribution in [2.75, 3.05) is 6.54 Å². The molecule has 0 amide bonds. The molecular weight excluding hydrogens is 308 g/mol. The predicted octanol–water partition coefficient (Wildman–Crippen LogP) is 3.34. The fourth-order valence-electron chi connectivity index (χ4n) is 1.98. The molecule has 0 atom stereocenters. The van der Waals surface area contributed by atoms with E-state index in [2.05, 4.69) is 4.98 Å². The van der Waals surface area contributed by atoms with E-state index in [1.807, 2.05) is 37.3 Å². The van der Waals surface area contributed by atoms with Crippen LogP contribution < -0.4 is 0 Å². The summed E-state index contributed by atoms with van der Waals surface area (Å²) in [6, 6.07) is 12.5. The van der Waals surface area contributed by atoms with Crippen LogP contribution in [0.5, 0.6) is 0 Å². The van der Waals surface area contributed by atoms with E-state index >= 15 is 0 Å². The normalized spacial score (nSPS) is 11.8. The highest BCUT2D eigenvalue weighted by Crippen LogP contribution is 2.19. The first-order valence-electron chi connectivity index (χ1n) is 6.69. The van der Waals surface area contributed by atoms with Gasteiger partial charge in [-0.15, -0.1) is 0 Å². The molecule has 2 aromatic rings. The zero-order chi connectivity index (χ0) is 15.3. The molecule has 1 aromatic heterocycles. The molecule has 0 N–H and O–H groups in total. The summed E-state index contributed by atoms with van der Waals surface area (Å²) in [5.41, 5.74) is 0.955. The first-order valence-corrected chi connectivity index (χ1v) is 8.51. The summed E-state index contributed by atoms with van der Waals surface area (Å²) in [5, 5.41) is 0.277. The Morgan fingerprint density at radius 1 is 1.14 bits per heavy atom. The van der Waals surface area contributed by atoms with Gasteiger partial charge in [-0.25, -0.2) is 13.4 Å². The Kier molecular flexibility index (Phi) is 5.33. The molecule has 4 nitrogen and oxygen atoms in total. The molecule has 0 aliphatic rings. The van der Waals surface area contributed by atoms with E-state index in [9.17, 15) is 8.42 Å². The third-order valence-electron chi connectivity index (χ3n) is 3.01. The second kappa shape index (κ2) is 7.02. The molecule has 112 valence electrons. The van der Waals surface area contributed by atoms with Crippen molar-refractivity contribution in [1.29, 1.82) is 0 Å². The fraction of sp³-hybridized carbons (Fsp3) is 0.267. The van der Waals surface area contributed by atoms with Crippen LogP contribution in [0.1, 0.15) is 18.9 Å². The molecule has 0 radical (unpaired) electrons. The number of rotatable bonds is 6. The first-order chi connectivity index (χ1) is 10.0. The Labute approximate surface area is 130 Å². The van der Waals surface area contributed by atoms with E-state index in [-0.39, 0.29) is 10.0 Å². The van der Waals surface area contributed by atoms with Crippen LogP contribution in [0.3, 0.4) is 0 Å². The van der Waals surface area contributed by atoms with E-state index in [0.29, 0.717) is 13.1 Å². The van der Waals surface area contributed by atoms with Gasteiger partial charge in [0.2, 0.25) is 10.0 Å². The van der Waals surface area contributed by atoms with Crippen LogP contribution in [-0.2, 0) is 16.6 Å². The van der Waals surface area contributed by atoms with Crippen LogP contribution >= 0.6 is 11.6 Å². The van der Waals surface area contributed by atoms with Gasteiger partial charge in [0.25, 0.3) is 0 Å². The summed E-state index contributed by atoms with van der Waals surface area (Å²) in [4.78, 5) is 4.02. The van der Waals surface area contributed by atoms with Crippen LogP contribution in [0.4, 0.5) is 0 Å². The highest BCUT2D eigenvalue weighted by Gasteiger charge is 2.24. The average molecular weight is 325 g/mol.